The molecule has 1 aromatic carbocycles. The van der Waals surface area contributed by atoms with Crippen LogP contribution in [0.15, 0.2) is 24.7 Å². The van der Waals surface area contributed by atoms with Gasteiger partial charge in [-0.1, -0.05) is 0 Å². The summed E-state index contributed by atoms with van der Waals surface area (Å²) in [5.74, 6) is 1.14. The monoisotopic (exact) mass is 382 g/mol. The third-order valence-corrected chi connectivity index (χ3v) is 6.39. The molecule has 27 heavy (non-hydrogen) atoms. The van der Waals surface area contributed by atoms with E-state index >= 15 is 0 Å². The summed E-state index contributed by atoms with van der Waals surface area (Å²) in [7, 11) is 0. The topological polar surface area (TPSA) is 69.0 Å². The van der Waals surface area contributed by atoms with Gasteiger partial charge in [-0.05, 0) is 38.8 Å². The molecular formula is C20H22N4O2S. The van der Waals surface area contributed by atoms with Crippen LogP contribution in [-0.2, 0) is 4.79 Å². The smallest absolute Gasteiger partial charge is 0.220 e. The lowest BCUT2D eigenvalue weighted by molar-refractivity contribution is -0.119. The van der Waals surface area contributed by atoms with E-state index in [4.69, 9.17) is 4.74 Å². The van der Waals surface area contributed by atoms with Crippen molar-refractivity contribution in [2.75, 3.05) is 6.54 Å². The van der Waals surface area contributed by atoms with Gasteiger partial charge in [0.25, 0.3) is 0 Å². The van der Waals surface area contributed by atoms with Crippen LogP contribution in [0.25, 0.3) is 21.6 Å². The van der Waals surface area contributed by atoms with Crippen LogP contribution in [0.1, 0.15) is 37.1 Å². The molecule has 1 amide bonds. The molecule has 2 fully saturated rings. The minimum Gasteiger partial charge on any atom is -0.488 e. The van der Waals surface area contributed by atoms with Gasteiger partial charge in [0.05, 0.1) is 11.8 Å². The number of rotatable bonds is 5. The Balaban J connectivity index is 1.56. The number of thiazole rings is 1. The van der Waals surface area contributed by atoms with E-state index < -0.39 is 0 Å². The van der Waals surface area contributed by atoms with E-state index in [2.05, 4.69) is 45.8 Å². The molecule has 1 saturated heterocycles. The Morgan fingerprint density at radius 1 is 1.33 bits per heavy atom. The number of aryl methyl sites for hydroxylation is 1. The van der Waals surface area contributed by atoms with E-state index in [0.29, 0.717) is 19.0 Å². The number of ether oxygens (including phenoxy) is 1. The van der Waals surface area contributed by atoms with Gasteiger partial charge in [0.2, 0.25) is 5.91 Å². The number of aromatic nitrogens is 3. The maximum absolute atomic E-state index is 11.6. The molecule has 2 atom stereocenters. The summed E-state index contributed by atoms with van der Waals surface area (Å²) in [5, 5.41) is 3.88. The summed E-state index contributed by atoms with van der Waals surface area (Å²) >= 11 is 1.67. The number of imidazole rings is 1. The highest BCUT2D eigenvalue weighted by Gasteiger charge is 2.30. The number of hydrogen-bond donors (Lipinski definition) is 1. The Morgan fingerprint density at radius 2 is 2.19 bits per heavy atom. The van der Waals surface area contributed by atoms with Crippen molar-refractivity contribution in [3.63, 3.8) is 0 Å². The summed E-state index contributed by atoms with van der Waals surface area (Å²) in [6.45, 7) is 4.79. The lowest BCUT2D eigenvalue weighted by Crippen LogP contribution is -2.25. The predicted molar refractivity (Wildman–Crippen MR) is 105 cm³/mol. The molecule has 3 aromatic rings. The lowest BCUT2D eigenvalue weighted by Gasteiger charge is -2.21. The van der Waals surface area contributed by atoms with Crippen molar-refractivity contribution in [3.05, 3.63) is 29.5 Å². The van der Waals surface area contributed by atoms with Gasteiger partial charge in [-0.15, -0.1) is 11.3 Å². The Labute approximate surface area is 161 Å². The molecule has 1 unspecified atom stereocenters. The van der Waals surface area contributed by atoms with E-state index in [0.717, 1.165) is 27.4 Å². The molecule has 1 N–H and O–H groups in total. The van der Waals surface area contributed by atoms with Crippen molar-refractivity contribution in [2.24, 2.45) is 5.92 Å². The minimum absolute atomic E-state index is 0.0528. The molecule has 0 radical (unpaired) electrons. The fourth-order valence-corrected chi connectivity index (χ4v) is 4.47. The zero-order valence-corrected chi connectivity index (χ0v) is 16.3. The van der Waals surface area contributed by atoms with Crippen LogP contribution in [0.3, 0.4) is 0 Å². The highest BCUT2D eigenvalue weighted by molar-refractivity contribution is 7.14. The Kier molecular flexibility index (Phi) is 3.93. The van der Waals surface area contributed by atoms with Gasteiger partial charge in [0.1, 0.15) is 22.4 Å². The van der Waals surface area contributed by atoms with Crippen molar-refractivity contribution in [1.82, 2.24) is 19.9 Å². The summed E-state index contributed by atoms with van der Waals surface area (Å²) in [6, 6.07) is 4.71. The van der Waals surface area contributed by atoms with Crippen LogP contribution in [0.2, 0.25) is 0 Å². The summed E-state index contributed by atoms with van der Waals surface area (Å²) in [6.07, 6.45) is 6.67. The molecule has 5 rings (SSSR count). The molecule has 2 aromatic heterocycles. The highest BCUT2D eigenvalue weighted by Crippen LogP contribution is 2.42. The second-order valence-corrected chi connectivity index (χ2v) is 8.83. The number of carbonyl (C=O) groups excluding carboxylic acids is 1. The van der Waals surface area contributed by atoms with Crippen LogP contribution in [0.5, 0.6) is 5.75 Å². The first-order valence-corrected chi connectivity index (χ1v) is 10.3. The minimum atomic E-state index is -0.0528. The maximum atomic E-state index is 11.6. The first-order valence-electron chi connectivity index (χ1n) is 9.45. The Bertz CT molecular complexity index is 1020. The molecule has 140 valence electrons. The fourth-order valence-electron chi connectivity index (χ4n) is 3.72. The molecule has 0 spiro atoms. The number of hydrogen-bond acceptors (Lipinski definition) is 5. The van der Waals surface area contributed by atoms with Crippen LogP contribution < -0.4 is 10.1 Å². The van der Waals surface area contributed by atoms with E-state index in [-0.39, 0.29) is 17.9 Å². The number of carbonyl (C=O) groups is 1. The van der Waals surface area contributed by atoms with Gasteiger partial charge < -0.3 is 14.6 Å². The standard InChI is InChI=1S/C20H22N4O2S/c1-11-8-22-20(27-11)13-5-16-19(24(10-23-16)15-3-4-15)17(6-13)26-12(2)14-7-18(25)21-9-14/h5-6,8,10,12,14-15H,3-4,7,9H2,1-2H3,(H,21,25)/t12?,14-/m1/s1. The van der Waals surface area contributed by atoms with E-state index in [1.54, 1.807) is 11.3 Å². The molecule has 1 aliphatic heterocycles. The first-order chi connectivity index (χ1) is 13.1. The Hall–Kier alpha value is -2.41. The molecule has 2 aliphatic rings. The zero-order valence-electron chi connectivity index (χ0n) is 15.4. The van der Waals surface area contributed by atoms with Gasteiger partial charge >= 0.3 is 0 Å². The number of amides is 1. The van der Waals surface area contributed by atoms with Gasteiger partial charge in [0, 0.05) is 41.6 Å². The lowest BCUT2D eigenvalue weighted by atomic mass is 10.0. The summed E-state index contributed by atoms with van der Waals surface area (Å²) < 4.78 is 8.67. The van der Waals surface area contributed by atoms with Crippen molar-refractivity contribution in [1.29, 1.82) is 0 Å². The molecule has 3 heterocycles. The van der Waals surface area contributed by atoms with Crippen LogP contribution in [-0.4, -0.2) is 33.1 Å². The van der Waals surface area contributed by atoms with Crippen molar-refractivity contribution < 1.29 is 9.53 Å². The van der Waals surface area contributed by atoms with E-state index in [9.17, 15) is 4.79 Å². The number of fused-ring (bicyclic) bond motifs is 1. The summed E-state index contributed by atoms with van der Waals surface area (Å²) in [4.78, 5) is 21.9. The van der Waals surface area contributed by atoms with Crippen molar-refractivity contribution in [2.45, 2.75) is 45.3 Å². The van der Waals surface area contributed by atoms with Gasteiger partial charge in [-0.2, -0.15) is 0 Å². The molecule has 6 nitrogen and oxygen atoms in total. The van der Waals surface area contributed by atoms with E-state index in [1.807, 2.05) is 12.5 Å². The number of nitrogens with one attached hydrogen (secondary N) is 1. The fraction of sp³-hybridized carbons (Fsp3) is 0.450. The van der Waals surface area contributed by atoms with Crippen molar-refractivity contribution >= 4 is 28.3 Å². The second kappa shape index (κ2) is 6.34. The molecule has 1 aliphatic carbocycles. The second-order valence-electron chi connectivity index (χ2n) is 7.59. The van der Waals surface area contributed by atoms with E-state index in [1.165, 1.54) is 17.7 Å². The predicted octanol–water partition coefficient (Wildman–Crippen LogP) is 3.71. The number of benzene rings is 1. The van der Waals surface area contributed by atoms with Crippen LogP contribution in [0.4, 0.5) is 0 Å². The zero-order chi connectivity index (χ0) is 18.5. The highest BCUT2D eigenvalue weighted by atomic mass is 32.1. The van der Waals surface area contributed by atoms with Crippen molar-refractivity contribution in [3.8, 4) is 16.3 Å². The molecule has 1 saturated carbocycles. The molecule has 7 heteroatoms. The summed E-state index contributed by atoms with van der Waals surface area (Å²) in [5.41, 5.74) is 3.03. The largest absolute Gasteiger partial charge is 0.488 e. The van der Waals surface area contributed by atoms with Gasteiger partial charge in [-0.25, -0.2) is 9.97 Å². The normalized spacial score (nSPS) is 20.8. The molecular weight excluding hydrogens is 360 g/mol. The van der Waals surface area contributed by atoms with Gasteiger partial charge in [0.15, 0.2) is 0 Å². The molecule has 0 bridgehead atoms. The van der Waals surface area contributed by atoms with Crippen LogP contribution >= 0.6 is 11.3 Å². The Morgan fingerprint density at radius 3 is 2.85 bits per heavy atom. The first kappa shape index (κ1) is 16.7. The van der Waals surface area contributed by atoms with Crippen LogP contribution in [0, 0.1) is 12.8 Å². The third-order valence-electron chi connectivity index (χ3n) is 5.43. The van der Waals surface area contributed by atoms with Gasteiger partial charge in [-0.3, -0.25) is 4.79 Å². The maximum Gasteiger partial charge on any atom is 0.220 e. The quantitative estimate of drug-likeness (QED) is 0.730. The average molecular weight is 382 g/mol. The number of nitrogens with zero attached hydrogens (tertiary/aromatic N) is 3. The third kappa shape index (κ3) is 3.10. The SMILES string of the molecule is Cc1cnc(-c2cc(OC(C)[C@H]3CNC(=O)C3)c3c(c2)ncn3C2CC2)s1. The average Bonchev–Trinajstić information content (AvgIpc) is 3.04.